The van der Waals surface area contributed by atoms with E-state index in [0.717, 1.165) is 24.2 Å². The highest BCUT2D eigenvalue weighted by Crippen LogP contribution is 2.33. The molecule has 0 bridgehead atoms. The Hall–Kier alpha value is -1.60. The van der Waals surface area contributed by atoms with Gasteiger partial charge < -0.3 is 9.64 Å². The molecule has 23 heavy (non-hydrogen) atoms. The molecule has 2 saturated heterocycles. The molecular weight excluding hydrogens is 316 g/mol. The van der Waals surface area contributed by atoms with E-state index in [-0.39, 0.29) is 18.0 Å². The van der Waals surface area contributed by atoms with E-state index >= 15 is 0 Å². The maximum Gasteiger partial charge on any atom is 0.227 e. The van der Waals surface area contributed by atoms with E-state index in [4.69, 9.17) is 4.74 Å². The summed E-state index contributed by atoms with van der Waals surface area (Å²) in [6, 6.07) is 7.44. The Morgan fingerprint density at radius 1 is 1.17 bits per heavy atom. The molecule has 1 amide bonds. The van der Waals surface area contributed by atoms with Crippen molar-refractivity contribution in [3.63, 3.8) is 0 Å². The number of methoxy groups -OCH3 is 1. The van der Waals surface area contributed by atoms with Gasteiger partial charge in [0.15, 0.2) is 0 Å². The third-order valence-corrected chi connectivity index (χ3v) is 6.09. The fraction of sp³-hybridized carbons (Fsp3) is 0.562. The molecule has 6 nitrogen and oxygen atoms in total. The van der Waals surface area contributed by atoms with Gasteiger partial charge in [0.05, 0.1) is 19.8 Å². The maximum atomic E-state index is 12.6. The standard InChI is InChI=1S/C16H22N2O4S/c1-22-13-5-3-12(4-6-13)11-16(19)17-9-7-15-14(17)8-10-18(15)23(2,20)21/h3-6,14-15H,7-11H2,1-2H3/t14-,15+/m0/s1. The molecule has 1 aromatic rings. The Bertz CT molecular complexity index is 687. The Kier molecular flexibility index (Phi) is 4.33. The van der Waals surface area contributed by atoms with Gasteiger partial charge in [-0.3, -0.25) is 4.79 Å². The quantitative estimate of drug-likeness (QED) is 0.817. The third kappa shape index (κ3) is 3.21. The number of nitrogens with zero attached hydrogens (tertiary/aromatic N) is 2. The van der Waals surface area contributed by atoms with Gasteiger partial charge in [0.2, 0.25) is 15.9 Å². The number of rotatable bonds is 4. The van der Waals surface area contributed by atoms with Crippen molar-refractivity contribution in [1.29, 1.82) is 0 Å². The average molecular weight is 338 g/mol. The molecule has 1 aromatic carbocycles. The zero-order chi connectivity index (χ0) is 16.6. The van der Waals surface area contributed by atoms with E-state index in [0.29, 0.717) is 19.5 Å². The van der Waals surface area contributed by atoms with Crippen molar-refractivity contribution in [1.82, 2.24) is 9.21 Å². The van der Waals surface area contributed by atoms with Gasteiger partial charge >= 0.3 is 0 Å². The van der Waals surface area contributed by atoms with Crippen LogP contribution in [0.25, 0.3) is 0 Å². The highest BCUT2D eigenvalue weighted by Gasteiger charge is 2.47. The Balaban J connectivity index is 1.67. The number of sulfonamides is 1. The van der Waals surface area contributed by atoms with Crippen LogP contribution < -0.4 is 4.74 Å². The zero-order valence-electron chi connectivity index (χ0n) is 13.4. The molecule has 2 atom stereocenters. The number of fused-ring (bicyclic) bond motifs is 1. The number of likely N-dealkylation sites (tertiary alicyclic amines) is 1. The number of hydrogen-bond donors (Lipinski definition) is 0. The van der Waals surface area contributed by atoms with Crippen LogP contribution in [0.4, 0.5) is 0 Å². The summed E-state index contributed by atoms with van der Waals surface area (Å²) >= 11 is 0. The van der Waals surface area contributed by atoms with Crippen LogP contribution in [0.5, 0.6) is 5.75 Å². The largest absolute Gasteiger partial charge is 0.497 e. The predicted molar refractivity (Wildman–Crippen MR) is 86.8 cm³/mol. The molecule has 2 fully saturated rings. The van der Waals surface area contributed by atoms with Gasteiger partial charge in [0.1, 0.15) is 5.75 Å². The van der Waals surface area contributed by atoms with E-state index < -0.39 is 10.0 Å². The smallest absolute Gasteiger partial charge is 0.227 e. The number of amides is 1. The van der Waals surface area contributed by atoms with Crippen LogP contribution in [-0.2, 0) is 21.2 Å². The van der Waals surface area contributed by atoms with Crippen LogP contribution in [0.1, 0.15) is 18.4 Å². The molecule has 2 heterocycles. The van der Waals surface area contributed by atoms with Gasteiger partial charge in [0.25, 0.3) is 0 Å². The van der Waals surface area contributed by atoms with E-state index in [1.807, 2.05) is 29.2 Å². The molecule has 3 rings (SSSR count). The van der Waals surface area contributed by atoms with E-state index in [9.17, 15) is 13.2 Å². The first kappa shape index (κ1) is 16.3. The number of benzene rings is 1. The van der Waals surface area contributed by atoms with E-state index in [1.165, 1.54) is 6.26 Å². The molecule has 0 N–H and O–H groups in total. The normalized spacial score (nSPS) is 24.7. The minimum absolute atomic E-state index is 0.0236. The minimum Gasteiger partial charge on any atom is -0.497 e. The Morgan fingerprint density at radius 3 is 2.43 bits per heavy atom. The second-order valence-electron chi connectivity index (χ2n) is 6.20. The second kappa shape index (κ2) is 6.13. The molecular formula is C16H22N2O4S. The highest BCUT2D eigenvalue weighted by molar-refractivity contribution is 7.88. The van der Waals surface area contributed by atoms with Gasteiger partial charge in [-0.15, -0.1) is 0 Å². The van der Waals surface area contributed by atoms with Crippen molar-refractivity contribution in [3.8, 4) is 5.75 Å². The van der Waals surface area contributed by atoms with E-state index in [2.05, 4.69) is 0 Å². The van der Waals surface area contributed by atoms with Gasteiger partial charge in [-0.25, -0.2) is 8.42 Å². The molecule has 126 valence electrons. The van der Waals surface area contributed by atoms with Crippen molar-refractivity contribution < 1.29 is 17.9 Å². The molecule has 0 aromatic heterocycles. The zero-order valence-corrected chi connectivity index (χ0v) is 14.3. The molecule has 0 saturated carbocycles. The van der Waals surface area contributed by atoms with Crippen LogP contribution in [0.3, 0.4) is 0 Å². The van der Waals surface area contributed by atoms with Crippen LogP contribution in [-0.4, -0.2) is 62.1 Å². The molecule has 0 radical (unpaired) electrons. The molecule has 0 aliphatic carbocycles. The van der Waals surface area contributed by atoms with Gasteiger partial charge in [-0.2, -0.15) is 4.31 Å². The Labute approximate surface area is 137 Å². The summed E-state index contributed by atoms with van der Waals surface area (Å²) in [7, 11) is -1.58. The lowest BCUT2D eigenvalue weighted by Gasteiger charge is -2.24. The lowest BCUT2D eigenvalue weighted by molar-refractivity contribution is -0.131. The summed E-state index contributed by atoms with van der Waals surface area (Å²) in [6.07, 6.45) is 3.04. The van der Waals surface area contributed by atoms with Crippen molar-refractivity contribution in [2.45, 2.75) is 31.3 Å². The first-order valence-electron chi connectivity index (χ1n) is 7.79. The lowest BCUT2D eigenvalue weighted by Crippen LogP contribution is -2.41. The summed E-state index contributed by atoms with van der Waals surface area (Å²) in [5, 5.41) is 0. The number of carbonyl (C=O) groups is 1. The summed E-state index contributed by atoms with van der Waals surface area (Å²) in [5.41, 5.74) is 0.942. The van der Waals surface area contributed by atoms with Crippen molar-refractivity contribution >= 4 is 15.9 Å². The second-order valence-corrected chi connectivity index (χ2v) is 8.13. The lowest BCUT2D eigenvalue weighted by atomic mass is 10.1. The van der Waals surface area contributed by atoms with Crippen LogP contribution in [0, 0.1) is 0 Å². The molecule has 0 spiro atoms. The molecule has 2 aliphatic heterocycles. The van der Waals surface area contributed by atoms with Crippen LogP contribution in [0.2, 0.25) is 0 Å². The SMILES string of the molecule is COc1ccc(CC(=O)N2CC[C@@H]3[C@@H]2CCN3S(C)(=O)=O)cc1. The predicted octanol–water partition coefficient (Wildman–Crippen LogP) is 0.872. The van der Waals surface area contributed by atoms with Crippen molar-refractivity contribution in [3.05, 3.63) is 29.8 Å². The highest BCUT2D eigenvalue weighted by atomic mass is 32.2. The van der Waals surface area contributed by atoms with Gasteiger partial charge in [-0.05, 0) is 30.5 Å². The Morgan fingerprint density at radius 2 is 1.83 bits per heavy atom. The summed E-state index contributed by atoms with van der Waals surface area (Å²) in [6.45, 7) is 1.15. The summed E-state index contributed by atoms with van der Waals surface area (Å²) in [4.78, 5) is 14.5. The topological polar surface area (TPSA) is 66.9 Å². The van der Waals surface area contributed by atoms with Crippen molar-refractivity contribution in [2.24, 2.45) is 0 Å². The van der Waals surface area contributed by atoms with Crippen molar-refractivity contribution in [2.75, 3.05) is 26.5 Å². The number of hydrogen-bond acceptors (Lipinski definition) is 4. The van der Waals surface area contributed by atoms with Gasteiger partial charge in [0, 0.05) is 25.2 Å². The van der Waals surface area contributed by atoms with Crippen LogP contribution in [0.15, 0.2) is 24.3 Å². The maximum absolute atomic E-state index is 12.6. The van der Waals surface area contributed by atoms with Gasteiger partial charge in [-0.1, -0.05) is 12.1 Å². The number of carbonyl (C=O) groups excluding carboxylic acids is 1. The fourth-order valence-electron chi connectivity index (χ4n) is 3.69. The fourth-order valence-corrected chi connectivity index (χ4v) is 4.86. The number of ether oxygens (including phenoxy) is 1. The first-order chi connectivity index (χ1) is 10.9. The monoisotopic (exact) mass is 338 g/mol. The molecule has 7 heteroatoms. The summed E-state index contributed by atoms with van der Waals surface area (Å²) < 4.78 is 30.3. The molecule has 2 aliphatic rings. The third-order valence-electron chi connectivity index (χ3n) is 4.79. The molecule has 0 unspecified atom stereocenters. The first-order valence-corrected chi connectivity index (χ1v) is 9.64. The minimum atomic E-state index is -3.19. The van der Waals surface area contributed by atoms with Crippen LogP contribution >= 0.6 is 0 Å². The van der Waals surface area contributed by atoms with E-state index in [1.54, 1.807) is 11.4 Å². The average Bonchev–Trinajstić information content (AvgIpc) is 3.08. The summed E-state index contributed by atoms with van der Waals surface area (Å²) in [5.74, 6) is 0.833.